The van der Waals surface area contributed by atoms with E-state index in [1.165, 1.54) is 0 Å². The molecule has 0 saturated carbocycles. The molecule has 1 aliphatic rings. The number of aliphatic carboxylic acids is 1. The van der Waals surface area contributed by atoms with Gasteiger partial charge in [0.25, 0.3) is 0 Å². The first-order valence-corrected chi connectivity index (χ1v) is 7.43. The van der Waals surface area contributed by atoms with Crippen LogP contribution < -0.4 is 0 Å². The summed E-state index contributed by atoms with van der Waals surface area (Å²) in [4.78, 5) is 17.8. The number of hydrogen-bond acceptors (Lipinski definition) is 3. The zero-order valence-corrected chi connectivity index (χ0v) is 13.8. The maximum Gasteiger partial charge on any atom is 0.307 e. The van der Waals surface area contributed by atoms with Crippen LogP contribution in [0, 0.1) is 12.8 Å². The van der Waals surface area contributed by atoms with Crippen molar-refractivity contribution in [3.63, 3.8) is 0 Å². The van der Waals surface area contributed by atoms with Gasteiger partial charge in [0.15, 0.2) is 0 Å². The Hall–Kier alpha value is -1.36. The molecular formula is C16H18Cl2N2O2. The van der Waals surface area contributed by atoms with Gasteiger partial charge in [-0.3, -0.25) is 9.69 Å². The van der Waals surface area contributed by atoms with Gasteiger partial charge in [-0.1, -0.05) is 29.8 Å². The summed E-state index contributed by atoms with van der Waals surface area (Å²) in [5, 5.41) is 10.8. The molecule has 4 nitrogen and oxygen atoms in total. The summed E-state index contributed by atoms with van der Waals surface area (Å²) in [7, 11) is 0. The normalized spacial score (nSPS) is 18.4. The van der Waals surface area contributed by atoms with Crippen molar-refractivity contribution in [1.29, 1.82) is 0 Å². The van der Waals surface area contributed by atoms with E-state index >= 15 is 0 Å². The summed E-state index contributed by atoms with van der Waals surface area (Å²) in [6.45, 7) is 3.95. The summed E-state index contributed by atoms with van der Waals surface area (Å²) >= 11 is 6.44. The van der Waals surface area contributed by atoms with E-state index in [0.29, 0.717) is 24.5 Å². The van der Waals surface area contributed by atoms with Crippen molar-refractivity contribution in [2.24, 2.45) is 5.92 Å². The van der Waals surface area contributed by atoms with Crippen LogP contribution >= 0.6 is 24.0 Å². The second kappa shape index (κ2) is 6.82. The number of carboxylic acid groups (broad SMARTS) is 1. The standard InChI is InChI=1S/C16H17ClN2O2.ClH/c1-10-12-4-2-3-5-13(12)18-14(15(10)17)9-19-7-6-11(8-19)16(20)21;/h2-5,11H,6-9H2,1H3,(H,20,21);1H. The molecule has 0 amide bonds. The Morgan fingerprint density at radius 2 is 2.18 bits per heavy atom. The lowest BCUT2D eigenvalue weighted by Gasteiger charge is -2.17. The molecule has 3 rings (SSSR count). The highest BCUT2D eigenvalue weighted by atomic mass is 35.5. The van der Waals surface area contributed by atoms with E-state index in [4.69, 9.17) is 16.7 Å². The highest BCUT2D eigenvalue weighted by molar-refractivity contribution is 6.32. The topological polar surface area (TPSA) is 53.4 Å². The average molecular weight is 341 g/mol. The fourth-order valence-electron chi connectivity index (χ4n) is 2.91. The molecule has 0 radical (unpaired) electrons. The number of benzene rings is 1. The summed E-state index contributed by atoms with van der Waals surface area (Å²) in [5.41, 5.74) is 2.80. The molecule has 1 fully saturated rings. The maximum atomic E-state index is 11.0. The second-order valence-electron chi connectivity index (χ2n) is 5.57. The van der Waals surface area contributed by atoms with Crippen molar-refractivity contribution in [3.05, 3.63) is 40.5 Å². The van der Waals surface area contributed by atoms with Crippen LogP contribution in [0.25, 0.3) is 10.9 Å². The van der Waals surface area contributed by atoms with E-state index in [1.807, 2.05) is 31.2 Å². The number of fused-ring (bicyclic) bond motifs is 1. The van der Waals surface area contributed by atoms with Crippen LogP contribution in [0.1, 0.15) is 17.7 Å². The van der Waals surface area contributed by atoms with Gasteiger partial charge in [-0.15, -0.1) is 12.4 Å². The number of carboxylic acids is 1. The van der Waals surface area contributed by atoms with Gasteiger partial charge in [0.05, 0.1) is 22.2 Å². The van der Waals surface area contributed by atoms with Gasteiger partial charge >= 0.3 is 5.97 Å². The molecule has 118 valence electrons. The number of rotatable bonds is 3. The number of pyridine rings is 1. The third kappa shape index (κ3) is 3.19. The molecular weight excluding hydrogens is 323 g/mol. The minimum Gasteiger partial charge on any atom is -0.481 e. The molecule has 0 spiro atoms. The number of carbonyl (C=O) groups is 1. The van der Waals surface area contributed by atoms with Crippen LogP contribution in [0.15, 0.2) is 24.3 Å². The third-order valence-electron chi connectivity index (χ3n) is 4.14. The monoisotopic (exact) mass is 340 g/mol. The first-order chi connectivity index (χ1) is 10.1. The van der Waals surface area contributed by atoms with Gasteiger partial charge in [0, 0.05) is 18.5 Å². The molecule has 1 aromatic carbocycles. The van der Waals surface area contributed by atoms with Gasteiger partial charge in [-0.05, 0) is 31.5 Å². The zero-order valence-electron chi connectivity index (χ0n) is 12.3. The van der Waals surface area contributed by atoms with Crippen LogP contribution in [-0.4, -0.2) is 34.0 Å². The maximum absolute atomic E-state index is 11.0. The molecule has 1 atom stereocenters. The largest absolute Gasteiger partial charge is 0.481 e. The number of halogens is 2. The van der Waals surface area contributed by atoms with Crippen LogP contribution in [0.2, 0.25) is 5.02 Å². The number of likely N-dealkylation sites (tertiary alicyclic amines) is 1. The molecule has 6 heteroatoms. The Bertz CT molecular complexity index is 706. The van der Waals surface area contributed by atoms with Crippen LogP contribution in [0.5, 0.6) is 0 Å². The lowest BCUT2D eigenvalue weighted by Crippen LogP contribution is -2.23. The number of nitrogens with zero attached hydrogens (tertiary/aromatic N) is 2. The van der Waals surface area contributed by atoms with E-state index in [2.05, 4.69) is 9.88 Å². The minimum absolute atomic E-state index is 0. The molecule has 1 aromatic heterocycles. The van der Waals surface area contributed by atoms with Gasteiger partial charge in [0.1, 0.15) is 0 Å². The van der Waals surface area contributed by atoms with Crippen molar-refractivity contribution < 1.29 is 9.90 Å². The van der Waals surface area contributed by atoms with Gasteiger partial charge in [-0.25, -0.2) is 4.98 Å². The fourth-order valence-corrected chi connectivity index (χ4v) is 3.12. The molecule has 1 unspecified atom stereocenters. The molecule has 22 heavy (non-hydrogen) atoms. The lowest BCUT2D eigenvalue weighted by atomic mass is 10.1. The third-order valence-corrected chi connectivity index (χ3v) is 4.64. The molecule has 1 saturated heterocycles. The summed E-state index contributed by atoms with van der Waals surface area (Å²) < 4.78 is 0. The molecule has 0 bridgehead atoms. The molecule has 2 aromatic rings. The Kier molecular flexibility index (Phi) is 5.27. The Morgan fingerprint density at radius 3 is 2.86 bits per heavy atom. The van der Waals surface area contributed by atoms with E-state index in [1.54, 1.807) is 0 Å². The Labute approximate surface area is 140 Å². The highest BCUT2D eigenvalue weighted by Crippen LogP contribution is 2.29. The van der Waals surface area contributed by atoms with E-state index in [0.717, 1.165) is 28.7 Å². The van der Waals surface area contributed by atoms with Gasteiger partial charge in [0.2, 0.25) is 0 Å². The van der Waals surface area contributed by atoms with Crippen molar-refractivity contribution in [1.82, 2.24) is 9.88 Å². The predicted molar refractivity (Wildman–Crippen MR) is 89.8 cm³/mol. The second-order valence-corrected chi connectivity index (χ2v) is 5.95. The van der Waals surface area contributed by atoms with Crippen molar-refractivity contribution in [3.8, 4) is 0 Å². The first-order valence-electron chi connectivity index (χ1n) is 7.05. The van der Waals surface area contributed by atoms with Gasteiger partial charge in [-0.2, -0.15) is 0 Å². The predicted octanol–water partition coefficient (Wildman–Crippen LogP) is 3.52. The number of aryl methyl sites for hydroxylation is 1. The Balaban J connectivity index is 0.00000176. The minimum atomic E-state index is -0.716. The van der Waals surface area contributed by atoms with Crippen LogP contribution in [-0.2, 0) is 11.3 Å². The van der Waals surface area contributed by atoms with E-state index in [9.17, 15) is 4.79 Å². The first kappa shape index (κ1) is 17.0. The van der Waals surface area contributed by atoms with Crippen molar-refractivity contribution in [2.75, 3.05) is 13.1 Å². The van der Waals surface area contributed by atoms with Gasteiger partial charge < -0.3 is 5.11 Å². The summed E-state index contributed by atoms with van der Waals surface area (Å²) in [6.07, 6.45) is 0.694. The van der Waals surface area contributed by atoms with Crippen molar-refractivity contribution in [2.45, 2.75) is 19.9 Å². The number of hydrogen-bond donors (Lipinski definition) is 1. The SMILES string of the molecule is Cc1c(Cl)c(CN2CCC(C(=O)O)C2)nc2ccccc12.Cl. The quantitative estimate of drug-likeness (QED) is 0.928. The zero-order chi connectivity index (χ0) is 15.0. The van der Waals surface area contributed by atoms with Crippen LogP contribution in [0.4, 0.5) is 0 Å². The number of aromatic nitrogens is 1. The van der Waals surface area contributed by atoms with E-state index < -0.39 is 5.97 Å². The number of para-hydroxylation sites is 1. The summed E-state index contributed by atoms with van der Waals surface area (Å²) in [5.74, 6) is -0.989. The smallest absolute Gasteiger partial charge is 0.307 e. The molecule has 1 aliphatic heterocycles. The average Bonchev–Trinajstić information content (AvgIpc) is 2.93. The van der Waals surface area contributed by atoms with Crippen molar-refractivity contribution >= 4 is 40.9 Å². The molecule has 1 N–H and O–H groups in total. The summed E-state index contributed by atoms with van der Waals surface area (Å²) in [6, 6.07) is 7.93. The van der Waals surface area contributed by atoms with Crippen LogP contribution in [0.3, 0.4) is 0 Å². The Morgan fingerprint density at radius 1 is 1.45 bits per heavy atom. The highest BCUT2D eigenvalue weighted by Gasteiger charge is 2.28. The lowest BCUT2D eigenvalue weighted by molar-refractivity contribution is -0.141. The fraction of sp³-hybridized carbons (Fsp3) is 0.375. The molecule has 2 heterocycles. The van der Waals surface area contributed by atoms with E-state index in [-0.39, 0.29) is 18.3 Å². The molecule has 0 aliphatic carbocycles.